The number of benzene rings is 1. The molecule has 5 nitrogen and oxygen atoms in total. The number of aromatic nitrogens is 1. The third-order valence-corrected chi connectivity index (χ3v) is 3.24. The lowest BCUT2D eigenvalue weighted by molar-refractivity contribution is 0.0447. The van der Waals surface area contributed by atoms with E-state index in [1.165, 1.54) is 17.0 Å². The summed E-state index contributed by atoms with van der Waals surface area (Å²) < 4.78 is 11.7. The number of carbonyl (C=O) groups excluding carboxylic acids is 1. The molecule has 0 radical (unpaired) electrons. The molecular weight excluding hydrogens is 270 g/mol. The summed E-state index contributed by atoms with van der Waals surface area (Å²) >= 11 is 0. The molecular formula is C16H13NO4. The molecule has 0 bridgehead atoms. The van der Waals surface area contributed by atoms with E-state index in [1.807, 2.05) is 0 Å². The van der Waals surface area contributed by atoms with Gasteiger partial charge in [-0.1, -0.05) is 18.2 Å². The molecule has 0 spiro atoms. The average Bonchev–Trinajstić information content (AvgIpc) is 3.02. The Morgan fingerprint density at radius 1 is 1.19 bits per heavy atom. The van der Waals surface area contributed by atoms with Crippen molar-refractivity contribution in [3.05, 3.63) is 70.5 Å². The molecule has 0 aliphatic carbocycles. The fraction of sp³-hybridized carbons (Fsp3) is 0.125. The van der Waals surface area contributed by atoms with Gasteiger partial charge in [-0.25, -0.2) is 4.79 Å². The second-order valence-corrected chi connectivity index (χ2v) is 4.66. The van der Waals surface area contributed by atoms with Crippen LogP contribution in [0.5, 0.6) is 0 Å². The van der Waals surface area contributed by atoms with Crippen LogP contribution in [0.1, 0.15) is 16.1 Å². The van der Waals surface area contributed by atoms with Crippen LogP contribution in [0.4, 0.5) is 0 Å². The normalized spacial score (nSPS) is 10.7. The number of pyridine rings is 1. The Morgan fingerprint density at radius 2 is 1.95 bits per heavy atom. The maximum atomic E-state index is 12.2. The van der Waals surface area contributed by atoms with Crippen molar-refractivity contribution in [2.75, 3.05) is 0 Å². The van der Waals surface area contributed by atoms with Gasteiger partial charge in [-0.3, -0.25) is 4.79 Å². The second kappa shape index (κ2) is 5.28. The highest BCUT2D eigenvalue weighted by Crippen LogP contribution is 2.16. The third-order valence-electron chi connectivity index (χ3n) is 3.24. The third kappa shape index (κ3) is 2.45. The monoisotopic (exact) mass is 283 g/mol. The predicted octanol–water partition coefficient (Wildman–Crippen LogP) is 2.49. The van der Waals surface area contributed by atoms with E-state index in [-0.39, 0.29) is 12.2 Å². The van der Waals surface area contributed by atoms with Gasteiger partial charge in [0.1, 0.15) is 12.4 Å². The molecule has 3 aromatic rings. The molecule has 0 fully saturated rings. The molecule has 0 saturated carbocycles. The molecule has 0 unspecified atom stereocenters. The highest BCUT2D eigenvalue weighted by atomic mass is 16.5. The van der Waals surface area contributed by atoms with Gasteiger partial charge in [0, 0.05) is 24.0 Å². The first-order chi connectivity index (χ1) is 10.2. The van der Waals surface area contributed by atoms with Gasteiger partial charge >= 0.3 is 5.97 Å². The van der Waals surface area contributed by atoms with Gasteiger partial charge < -0.3 is 13.7 Å². The fourth-order valence-electron chi connectivity index (χ4n) is 2.19. The van der Waals surface area contributed by atoms with Crippen molar-refractivity contribution in [1.82, 2.24) is 4.57 Å². The molecule has 21 heavy (non-hydrogen) atoms. The van der Waals surface area contributed by atoms with Gasteiger partial charge in [0.25, 0.3) is 5.56 Å². The SMILES string of the molecule is Cn1cc(C(=O)OCc2ccco2)c2ccccc2c1=O. The Bertz CT molecular complexity index is 846. The van der Waals surface area contributed by atoms with E-state index in [0.29, 0.717) is 22.1 Å². The lowest BCUT2D eigenvalue weighted by Gasteiger charge is -2.08. The topological polar surface area (TPSA) is 61.4 Å². The summed E-state index contributed by atoms with van der Waals surface area (Å²) in [4.78, 5) is 24.3. The van der Waals surface area contributed by atoms with Crippen molar-refractivity contribution in [3.8, 4) is 0 Å². The number of ether oxygens (including phenoxy) is 1. The predicted molar refractivity (Wildman–Crippen MR) is 77.0 cm³/mol. The van der Waals surface area contributed by atoms with Gasteiger partial charge in [-0.15, -0.1) is 0 Å². The largest absolute Gasteiger partial charge is 0.466 e. The summed E-state index contributed by atoms with van der Waals surface area (Å²) in [5.74, 6) is 0.0793. The molecule has 5 heteroatoms. The van der Waals surface area contributed by atoms with E-state index in [2.05, 4.69) is 0 Å². The Kier molecular flexibility index (Phi) is 3.31. The van der Waals surface area contributed by atoms with Crippen LogP contribution in [-0.4, -0.2) is 10.5 Å². The molecule has 2 heterocycles. The quantitative estimate of drug-likeness (QED) is 0.693. The van der Waals surface area contributed by atoms with Crippen LogP contribution in [0.15, 0.2) is 58.1 Å². The first-order valence-corrected chi connectivity index (χ1v) is 6.44. The minimum absolute atomic E-state index is 0.0585. The summed E-state index contributed by atoms with van der Waals surface area (Å²) in [7, 11) is 1.61. The minimum atomic E-state index is -0.488. The molecule has 0 aliphatic rings. The smallest absolute Gasteiger partial charge is 0.340 e. The van der Waals surface area contributed by atoms with Gasteiger partial charge in [-0.05, 0) is 18.2 Å². The second-order valence-electron chi connectivity index (χ2n) is 4.66. The molecule has 1 aromatic carbocycles. The maximum absolute atomic E-state index is 12.2. The molecule has 0 N–H and O–H groups in total. The summed E-state index contributed by atoms with van der Waals surface area (Å²) in [6, 6.07) is 10.4. The number of furan rings is 1. The average molecular weight is 283 g/mol. The van der Waals surface area contributed by atoms with Crippen molar-refractivity contribution >= 4 is 16.7 Å². The summed E-state index contributed by atoms with van der Waals surface area (Å²) in [6.07, 6.45) is 3.01. The van der Waals surface area contributed by atoms with Crippen LogP contribution in [-0.2, 0) is 18.4 Å². The standard InChI is InChI=1S/C16H13NO4/c1-17-9-14(12-6-2-3-7-13(12)15(17)18)16(19)21-10-11-5-4-8-20-11/h2-9H,10H2,1H3. The summed E-state index contributed by atoms with van der Waals surface area (Å²) in [5.41, 5.74) is 0.215. The van der Waals surface area contributed by atoms with Gasteiger partial charge in [0.05, 0.1) is 11.8 Å². The number of rotatable bonds is 3. The van der Waals surface area contributed by atoms with Gasteiger partial charge in [0.15, 0.2) is 0 Å². The highest BCUT2D eigenvalue weighted by Gasteiger charge is 2.15. The minimum Gasteiger partial charge on any atom is -0.466 e. The highest BCUT2D eigenvalue weighted by molar-refractivity contribution is 6.03. The first-order valence-electron chi connectivity index (χ1n) is 6.44. The van der Waals surface area contributed by atoms with E-state index in [1.54, 1.807) is 43.4 Å². The molecule has 3 rings (SSSR count). The lowest BCUT2D eigenvalue weighted by Crippen LogP contribution is -2.19. The molecule has 2 aromatic heterocycles. The molecule has 106 valence electrons. The van der Waals surface area contributed by atoms with Crippen LogP contribution in [0, 0.1) is 0 Å². The van der Waals surface area contributed by atoms with Gasteiger partial charge in [-0.2, -0.15) is 0 Å². The van der Waals surface area contributed by atoms with Crippen LogP contribution in [0.25, 0.3) is 10.8 Å². The Hall–Kier alpha value is -2.82. The van der Waals surface area contributed by atoms with Crippen LogP contribution in [0.3, 0.4) is 0 Å². The van der Waals surface area contributed by atoms with E-state index in [9.17, 15) is 9.59 Å². The van der Waals surface area contributed by atoms with Crippen LogP contribution >= 0.6 is 0 Å². The van der Waals surface area contributed by atoms with E-state index in [4.69, 9.17) is 9.15 Å². The number of nitrogens with zero attached hydrogens (tertiary/aromatic N) is 1. The van der Waals surface area contributed by atoms with Crippen molar-refractivity contribution in [3.63, 3.8) is 0 Å². The van der Waals surface area contributed by atoms with Crippen molar-refractivity contribution in [2.24, 2.45) is 7.05 Å². The van der Waals surface area contributed by atoms with E-state index >= 15 is 0 Å². The molecule has 0 amide bonds. The number of fused-ring (bicyclic) bond motifs is 1. The number of carbonyl (C=O) groups is 1. The number of hydrogen-bond donors (Lipinski definition) is 0. The van der Waals surface area contributed by atoms with Crippen LogP contribution in [0.2, 0.25) is 0 Å². The number of esters is 1. The molecule has 0 atom stereocenters. The lowest BCUT2D eigenvalue weighted by atomic mass is 10.1. The van der Waals surface area contributed by atoms with E-state index in [0.717, 1.165) is 0 Å². The number of hydrogen-bond acceptors (Lipinski definition) is 4. The number of aryl methyl sites for hydroxylation is 1. The van der Waals surface area contributed by atoms with Crippen LogP contribution < -0.4 is 5.56 Å². The van der Waals surface area contributed by atoms with Gasteiger partial charge in [0.2, 0.25) is 0 Å². The molecule has 0 aliphatic heterocycles. The first kappa shape index (κ1) is 13.2. The van der Waals surface area contributed by atoms with Crippen molar-refractivity contribution < 1.29 is 13.9 Å². The van der Waals surface area contributed by atoms with Crippen molar-refractivity contribution in [2.45, 2.75) is 6.61 Å². The molecule has 0 saturated heterocycles. The summed E-state index contributed by atoms with van der Waals surface area (Å²) in [6.45, 7) is 0.0585. The maximum Gasteiger partial charge on any atom is 0.340 e. The zero-order valence-corrected chi connectivity index (χ0v) is 11.4. The zero-order valence-electron chi connectivity index (χ0n) is 11.4. The zero-order chi connectivity index (χ0) is 14.8. The Balaban J connectivity index is 1.98. The summed E-state index contributed by atoms with van der Waals surface area (Å²) in [5, 5.41) is 1.08. The van der Waals surface area contributed by atoms with Crippen molar-refractivity contribution in [1.29, 1.82) is 0 Å². The van der Waals surface area contributed by atoms with E-state index < -0.39 is 5.97 Å². The fourth-order valence-corrected chi connectivity index (χ4v) is 2.19. The Morgan fingerprint density at radius 3 is 2.67 bits per heavy atom. The Labute approximate surface area is 120 Å².